The summed E-state index contributed by atoms with van der Waals surface area (Å²) < 4.78 is 44.2. The number of aromatic hydroxyl groups is 1. The van der Waals surface area contributed by atoms with E-state index >= 15 is 0 Å². The Morgan fingerprint density at radius 3 is 2.38 bits per heavy atom. The third-order valence-corrected chi connectivity index (χ3v) is 4.68. The molecule has 2 rings (SSSR count). The van der Waals surface area contributed by atoms with E-state index in [1.807, 2.05) is 0 Å². The number of ether oxygens (including phenoxy) is 1. The molecule has 0 aliphatic carbocycles. The van der Waals surface area contributed by atoms with Crippen LogP contribution in [0.15, 0.2) is 48.5 Å². The van der Waals surface area contributed by atoms with Gasteiger partial charge in [-0.25, -0.2) is 17.5 Å². The number of halogens is 1. The maximum absolute atomic E-state index is 12.7. The summed E-state index contributed by atoms with van der Waals surface area (Å²) in [5.74, 6) is 0.105. The second kappa shape index (κ2) is 8.65. The van der Waals surface area contributed by atoms with E-state index in [0.29, 0.717) is 18.7 Å². The van der Waals surface area contributed by atoms with Gasteiger partial charge < -0.3 is 9.84 Å². The second-order valence-corrected chi connectivity index (χ2v) is 7.21. The number of benzene rings is 2. The molecular weight excluding hydrogens is 333 g/mol. The minimum atomic E-state index is -3.41. The highest BCUT2D eigenvalue weighted by molar-refractivity contribution is 7.89. The van der Waals surface area contributed by atoms with Crippen LogP contribution >= 0.6 is 0 Å². The van der Waals surface area contributed by atoms with Crippen molar-refractivity contribution in [2.45, 2.75) is 12.8 Å². The Kier molecular flexibility index (Phi) is 6.57. The standard InChI is InChI=1S/C17H20FNO4S/c18-15-5-9-17(10-6-15)23-12-13-24(21,22)19-11-1-2-14-3-7-16(20)8-4-14/h3-10,19-20H,1-2,11-13H2. The Hall–Kier alpha value is -2.12. The molecule has 0 aliphatic heterocycles. The number of nitrogens with one attached hydrogen (secondary N) is 1. The Morgan fingerprint density at radius 2 is 1.71 bits per heavy atom. The monoisotopic (exact) mass is 353 g/mol. The summed E-state index contributed by atoms with van der Waals surface area (Å²) >= 11 is 0. The first-order valence-electron chi connectivity index (χ1n) is 7.58. The smallest absolute Gasteiger partial charge is 0.214 e. The lowest BCUT2D eigenvalue weighted by atomic mass is 10.1. The number of phenolic OH excluding ortho intramolecular Hbond substituents is 1. The van der Waals surface area contributed by atoms with E-state index in [9.17, 15) is 17.9 Å². The van der Waals surface area contributed by atoms with E-state index in [-0.39, 0.29) is 23.9 Å². The minimum Gasteiger partial charge on any atom is -0.508 e. The molecule has 0 bridgehead atoms. The van der Waals surface area contributed by atoms with Gasteiger partial charge in [-0.2, -0.15) is 0 Å². The molecule has 7 heteroatoms. The van der Waals surface area contributed by atoms with E-state index < -0.39 is 10.0 Å². The third kappa shape index (κ3) is 6.55. The van der Waals surface area contributed by atoms with Crippen LogP contribution in [-0.2, 0) is 16.4 Å². The van der Waals surface area contributed by atoms with Gasteiger partial charge in [0.05, 0.1) is 5.75 Å². The normalized spacial score (nSPS) is 11.4. The minimum absolute atomic E-state index is 0.00106. The molecule has 0 unspecified atom stereocenters. The first-order chi connectivity index (χ1) is 11.4. The third-order valence-electron chi connectivity index (χ3n) is 3.33. The van der Waals surface area contributed by atoms with Crippen molar-refractivity contribution in [3.05, 3.63) is 59.9 Å². The van der Waals surface area contributed by atoms with Crippen molar-refractivity contribution in [2.24, 2.45) is 0 Å². The van der Waals surface area contributed by atoms with Gasteiger partial charge in [0.1, 0.15) is 23.9 Å². The van der Waals surface area contributed by atoms with E-state index in [1.54, 1.807) is 24.3 Å². The highest BCUT2D eigenvalue weighted by Crippen LogP contribution is 2.12. The summed E-state index contributed by atoms with van der Waals surface area (Å²) in [5.41, 5.74) is 1.03. The lowest BCUT2D eigenvalue weighted by Crippen LogP contribution is -2.30. The predicted molar refractivity (Wildman–Crippen MR) is 90.1 cm³/mol. The molecule has 0 saturated heterocycles. The zero-order chi connectivity index (χ0) is 17.4. The van der Waals surface area contributed by atoms with Gasteiger partial charge in [-0.1, -0.05) is 12.1 Å². The van der Waals surface area contributed by atoms with E-state index in [1.165, 1.54) is 24.3 Å². The van der Waals surface area contributed by atoms with Gasteiger partial charge in [0.2, 0.25) is 10.0 Å². The molecule has 130 valence electrons. The number of hydrogen-bond donors (Lipinski definition) is 2. The molecule has 0 spiro atoms. The lowest BCUT2D eigenvalue weighted by Gasteiger charge is -2.08. The van der Waals surface area contributed by atoms with Crippen molar-refractivity contribution in [3.8, 4) is 11.5 Å². The molecule has 0 amide bonds. The molecule has 2 N–H and O–H groups in total. The van der Waals surface area contributed by atoms with Gasteiger partial charge >= 0.3 is 0 Å². The molecule has 0 saturated carbocycles. The number of phenols is 1. The van der Waals surface area contributed by atoms with E-state index in [2.05, 4.69) is 4.72 Å². The van der Waals surface area contributed by atoms with Crippen molar-refractivity contribution >= 4 is 10.0 Å². The zero-order valence-electron chi connectivity index (χ0n) is 13.1. The number of rotatable bonds is 9. The van der Waals surface area contributed by atoms with E-state index in [4.69, 9.17) is 4.74 Å². The van der Waals surface area contributed by atoms with Crippen molar-refractivity contribution in [3.63, 3.8) is 0 Å². The average Bonchev–Trinajstić information content (AvgIpc) is 2.55. The van der Waals surface area contributed by atoms with Gasteiger partial charge in [-0.05, 0) is 54.8 Å². The van der Waals surface area contributed by atoms with Gasteiger partial charge in [-0.3, -0.25) is 0 Å². The molecule has 0 fully saturated rings. The predicted octanol–water partition coefficient (Wildman–Crippen LogP) is 2.46. The van der Waals surface area contributed by atoms with Crippen LogP contribution in [-0.4, -0.2) is 32.4 Å². The Balaban J connectivity index is 1.65. The Bertz CT molecular complexity index is 730. The van der Waals surface area contributed by atoms with E-state index in [0.717, 1.165) is 12.0 Å². The highest BCUT2D eigenvalue weighted by Gasteiger charge is 2.09. The molecular formula is C17H20FNO4S. The Labute approximate surface area is 141 Å². The SMILES string of the molecule is O=S(=O)(CCOc1ccc(F)cc1)NCCCc1ccc(O)cc1. The van der Waals surface area contributed by atoms with Gasteiger partial charge in [-0.15, -0.1) is 0 Å². The van der Waals surface area contributed by atoms with Gasteiger partial charge in [0.15, 0.2) is 0 Å². The van der Waals surface area contributed by atoms with Crippen LogP contribution in [0.1, 0.15) is 12.0 Å². The molecule has 0 radical (unpaired) electrons. The molecule has 0 aliphatic rings. The first kappa shape index (κ1) is 18.2. The summed E-state index contributed by atoms with van der Waals surface area (Å²) in [7, 11) is -3.41. The second-order valence-electron chi connectivity index (χ2n) is 5.29. The molecule has 2 aromatic carbocycles. The topological polar surface area (TPSA) is 75.6 Å². The van der Waals surface area contributed by atoms with Crippen LogP contribution in [0.5, 0.6) is 11.5 Å². The van der Waals surface area contributed by atoms with Crippen LogP contribution in [0, 0.1) is 5.82 Å². The molecule has 24 heavy (non-hydrogen) atoms. The van der Waals surface area contributed by atoms with Crippen LogP contribution < -0.4 is 9.46 Å². The summed E-state index contributed by atoms with van der Waals surface area (Å²) in [5, 5.41) is 9.19. The van der Waals surface area contributed by atoms with Gasteiger partial charge in [0, 0.05) is 6.54 Å². The average molecular weight is 353 g/mol. The fraction of sp³-hybridized carbons (Fsp3) is 0.294. The van der Waals surface area contributed by atoms with Crippen molar-refractivity contribution in [1.29, 1.82) is 0 Å². The van der Waals surface area contributed by atoms with Crippen molar-refractivity contribution < 1.29 is 22.7 Å². The Morgan fingerprint density at radius 1 is 1.04 bits per heavy atom. The van der Waals surface area contributed by atoms with Crippen molar-refractivity contribution in [1.82, 2.24) is 4.72 Å². The largest absolute Gasteiger partial charge is 0.508 e. The summed E-state index contributed by atoms with van der Waals surface area (Å²) in [6.07, 6.45) is 1.37. The van der Waals surface area contributed by atoms with Gasteiger partial charge in [0.25, 0.3) is 0 Å². The fourth-order valence-electron chi connectivity index (χ4n) is 2.06. The van der Waals surface area contributed by atoms with Crippen LogP contribution in [0.25, 0.3) is 0 Å². The lowest BCUT2D eigenvalue weighted by molar-refractivity contribution is 0.339. The molecule has 0 heterocycles. The molecule has 0 atom stereocenters. The van der Waals surface area contributed by atoms with Crippen LogP contribution in [0.4, 0.5) is 4.39 Å². The zero-order valence-corrected chi connectivity index (χ0v) is 13.9. The summed E-state index contributed by atoms with van der Waals surface area (Å²) in [4.78, 5) is 0. The fourth-order valence-corrected chi connectivity index (χ4v) is 2.96. The number of hydrogen-bond acceptors (Lipinski definition) is 4. The maximum atomic E-state index is 12.7. The number of aryl methyl sites for hydroxylation is 1. The molecule has 0 aromatic heterocycles. The molecule has 5 nitrogen and oxygen atoms in total. The molecule has 2 aromatic rings. The highest BCUT2D eigenvalue weighted by atomic mass is 32.2. The summed E-state index contributed by atoms with van der Waals surface area (Å²) in [6.45, 7) is 0.332. The quantitative estimate of drug-likeness (QED) is 0.679. The maximum Gasteiger partial charge on any atom is 0.214 e. The van der Waals surface area contributed by atoms with Crippen LogP contribution in [0.3, 0.4) is 0 Å². The van der Waals surface area contributed by atoms with Crippen molar-refractivity contribution in [2.75, 3.05) is 18.9 Å². The number of sulfonamides is 1. The summed E-state index contributed by atoms with van der Waals surface area (Å²) in [6, 6.07) is 12.2. The van der Waals surface area contributed by atoms with Crippen LogP contribution in [0.2, 0.25) is 0 Å². The first-order valence-corrected chi connectivity index (χ1v) is 9.23.